The van der Waals surface area contributed by atoms with Gasteiger partial charge in [-0.25, -0.2) is 0 Å². The number of nitrogens with one attached hydrogen (secondary N) is 2. The Morgan fingerprint density at radius 2 is 1.86 bits per heavy atom. The monoisotopic (exact) mass is 289 g/mol. The molecule has 2 rings (SSSR count). The minimum Gasteiger partial charge on any atom is -0.376 e. The maximum atomic E-state index is 11.6. The van der Waals surface area contributed by atoms with Crippen LogP contribution in [0.25, 0.3) is 0 Å². The summed E-state index contributed by atoms with van der Waals surface area (Å²) in [7, 11) is 0. The van der Waals surface area contributed by atoms with Crippen molar-refractivity contribution < 1.29 is 4.79 Å². The van der Waals surface area contributed by atoms with Crippen LogP contribution in [-0.4, -0.2) is 31.6 Å². The van der Waals surface area contributed by atoms with E-state index in [1.807, 2.05) is 13.8 Å². The highest BCUT2D eigenvalue weighted by Crippen LogP contribution is 2.24. The van der Waals surface area contributed by atoms with Gasteiger partial charge >= 0.3 is 0 Å². The van der Waals surface area contributed by atoms with Crippen molar-refractivity contribution in [3.05, 3.63) is 24.3 Å². The van der Waals surface area contributed by atoms with Crippen LogP contribution >= 0.6 is 0 Å². The number of carbonyl (C=O) groups is 1. The molecule has 0 aliphatic carbocycles. The number of carbonyl (C=O) groups excluding carboxylic acids is 1. The van der Waals surface area contributed by atoms with Gasteiger partial charge < -0.3 is 15.5 Å². The number of hydrogen-bond donors (Lipinski definition) is 2. The first-order chi connectivity index (χ1) is 10.0. The summed E-state index contributed by atoms with van der Waals surface area (Å²) >= 11 is 0. The van der Waals surface area contributed by atoms with E-state index in [9.17, 15) is 4.79 Å². The molecule has 21 heavy (non-hydrogen) atoms. The van der Waals surface area contributed by atoms with Crippen LogP contribution in [0.1, 0.15) is 33.6 Å². The Morgan fingerprint density at radius 1 is 1.24 bits per heavy atom. The molecule has 1 fully saturated rings. The van der Waals surface area contributed by atoms with Crippen LogP contribution in [-0.2, 0) is 4.79 Å². The molecule has 1 aliphatic heterocycles. The second kappa shape index (κ2) is 7.34. The van der Waals surface area contributed by atoms with Crippen molar-refractivity contribution in [2.45, 2.75) is 39.7 Å². The Morgan fingerprint density at radius 3 is 2.43 bits per heavy atom. The summed E-state index contributed by atoms with van der Waals surface area (Å²) in [6, 6.07) is 8.56. The van der Waals surface area contributed by atoms with E-state index in [0.717, 1.165) is 24.7 Å². The van der Waals surface area contributed by atoms with Crippen LogP contribution in [0.3, 0.4) is 0 Å². The third-order valence-electron chi connectivity index (χ3n) is 3.92. The number of amides is 1. The second-order valence-corrected chi connectivity index (χ2v) is 6.29. The normalized spacial score (nSPS) is 16.1. The molecule has 1 aromatic rings. The topological polar surface area (TPSA) is 44.4 Å². The molecule has 116 valence electrons. The van der Waals surface area contributed by atoms with Gasteiger partial charge in [0.2, 0.25) is 5.91 Å². The van der Waals surface area contributed by atoms with E-state index in [2.05, 4.69) is 46.7 Å². The fourth-order valence-electron chi connectivity index (χ4n) is 2.61. The van der Waals surface area contributed by atoms with E-state index in [-0.39, 0.29) is 11.9 Å². The Labute approximate surface area is 127 Å². The third kappa shape index (κ3) is 4.96. The minimum absolute atomic E-state index is 0.0269. The summed E-state index contributed by atoms with van der Waals surface area (Å²) in [4.78, 5) is 14.0. The molecular formula is C17H27N3O. The molecule has 0 aromatic heterocycles. The Balaban J connectivity index is 1.83. The number of rotatable bonds is 5. The lowest BCUT2D eigenvalue weighted by atomic mass is 9.99. The maximum Gasteiger partial charge on any atom is 0.239 e. The van der Waals surface area contributed by atoms with Gasteiger partial charge in [-0.3, -0.25) is 4.79 Å². The smallest absolute Gasteiger partial charge is 0.239 e. The first kappa shape index (κ1) is 15.7. The zero-order valence-electron chi connectivity index (χ0n) is 13.4. The average Bonchev–Trinajstić information content (AvgIpc) is 2.46. The number of anilines is 2. The van der Waals surface area contributed by atoms with Crippen molar-refractivity contribution >= 4 is 17.3 Å². The lowest BCUT2D eigenvalue weighted by Gasteiger charge is -2.32. The average molecular weight is 289 g/mol. The van der Waals surface area contributed by atoms with Gasteiger partial charge in [0.25, 0.3) is 0 Å². The molecule has 4 heteroatoms. The van der Waals surface area contributed by atoms with Crippen LogP contribution < -0.4 is 15.5 Å². The van der Waals surface area contributed by atoms with Gasteiger partial charge in [0.05, 0.1) is 6.54 Å². The Hall–Kier alpha value is -1.71. The summed E-state index contributed by atoms with van der Waals surface area (Å²) in [5.74, 6) is 0.876. The molecular weight excluding hydrogens is 262 g/mol. The highest BCUT2D eigenvalue weighted by molar-refractivity contribution is 5.81. The predicted octanol–water partition coefficient (Wildman–Crippen LogP) is 2.86. The molecule has 2 N–H and O–H groups in total. The summed E-state index contributed by atoms with van der Waals surface area (Å²) in [6.45, 7) is 8.86. The van der Waals surface area contributed by atoms with Crippen LogP contribution in [0.2, 0.25) is 0 Å². The van der Waals surface area contributed by atoms with Gasteiger partial charge in [0, 0.05) is 30.5 Å². The van der Waals surface area contributed by atoms with E-state index < -0.39 is 0 Å². The largest absolute Gasteiger partial charge is 0.376 e. The fourth-order valence-corrected chi connectivity index (χ4v) is 2.61. The molecule has 0 atom stereocenters. The van der Waals surface area contributed by atoms with Crippen molar-refractivity contribution in [2.75, 3.05) is 29.9 Å². The summed E-state index contributed by atoms with van der Waals surface area (Å²) in [5, 5.41) is 6.03. The SMILES string of the molecule is CC1CCN(c2ccc(NCC(=O)NC(C)C)cc2)CC1. The van der Waals surface area contributed by atoms with Crippen molar-refractivity contribution in [2.24, 2.45) is 5.92 Å². The van der Waals surface area contributed by atoms with E-state index in [1.165, 1.54) is 18.5 Å². The lowest BCUT2D eigenvalue weighted by Crippen LogP contribution is -2.34. The van der Waals surface area contributed by atoms with E-state index in [4.69, 9.17) is 0 Å². The number of hydrogen-bond acceptors (Lipinski definition) is 3. The van der Waals surface area contributed by atoms with Crippen LogP contribution in [0.5, 0.6) is 0 Å². The third-order valence-corrected chi connectivity index (χ3v) is 3.92. The minimum atomic E-state index is 0.0269. The van der Waals surface area contributed by atoms with Crippen molar-refractivity contribution in [3.63, 3.8) is 0 Å². The van der Waals surface area contributed by atoms with Crippen molar-refractivity contribution in [1.82, 2.24) is 5.32 Å². The molecule has 1 saturated heterocycles. The Bertz CT molecular complexity index is 448. The molecule has 0 radical (unpaired) electrons. The molecule has 0 spiro atoms. The summed E-state index contributed by atoms with van der Waals surface area (Å²) in [5.41, 5.74) is 2.27. The van der Waals surface area contributed by atoms with Gasteiger partial charge in [-0.1, -0.05) is 6.92 Å². The van der Waals surface area contributed by atoms with Gasteiger partial charge in [-0.2, -0.15) is 0 Å². The molecule has 1 aliphatic rings. The van der Waals surface area contributed by atoms with Gasteiger partial charge in [0.1, 0.15) is 0 Å². The molecule has 0 unspecified atom stereocenters. The van der Waals surface area contributed by atoms with Crippen LogP contribution in [0.15, 0.2) is 24.3 Å². The molecule has 1 heterocycles. The lowest BCUT2D eigenvalue weighted by molar-refractivity contribution is -0.119. The standard InChI is InChI=1S/C17H27N3O/c1-13(2)19-17(21)12-18-15-4-6-16(7-5-15)20-10-8-14(3)9-11-20/h4-7,13-14,18H,8-12H2,1-3H3,(H,19,21). The summed E-state index contributed by atoms with van der Waals surface area (Å²) < 4.78 is 0. The molecule has 4 nitrogen and oxygen atoms in total. The van der Waals surface area contributed by atoms with E-state index in [1.54, 1.807) is 0 Å². The van der Waals surface area contributed by atoms with Gasteiger partial charge in [-0.05, 0) is 56.9 Å². The number of benzene rings is 1. The van der Waals surface area contributed by atoms with Crippen LogP contribution in [0, 0.1) is 5.92 Å². The Kier molecular flexibility index (Phi) is 5.48. The zero-order chi connectivity index (χ0) is 15.2. The molecule has 0 saturated carbocycles. The summed E-state index contributed by atoms with van der Waals surface area (Å²) in [6.07, 6.45) is 2.55. The molecule has 0 bridgehead atoms. The van der Waals surface area contributed by atoms with Crippen molar-refractivity contribution in [1.29, 1.82) is 0 Å². The zero-order valence-corrected chi connectivity index (χ0v) is 13.4. The predicted molar refractivity (Wildman–Crippen MR) is 88.8 cm³/mol. The van der Waals surface area contributed by atoms with Gasteiger partial charge in [0.15, 0.2) is 0 Å². The first-order valence-electron chi connectivity index (χ1n) is 7.93. The number of nitrogens with zero attached hydrogens (tertiary/aromatic N) is 1. The fraction of sp³-hybridized carbons (Fsp3) is 0.588. The first-order valence-corrected chi connectivity index (χ1v) is 7.93. The highest BCUT2D eigenvalue weighted by atomic mass is 16.1. The maximum absolute atomic E-state index is 11.6. The van der Waals surface area contributed by atoms with Crippen molar-refractivity contribution in [3.8, 4) is 0 Å². The van der Waals surface area contributed by atoms with E-state index in [0.29, 0.717) is 6.54 Å². The van der Waals surface area contributed by atoms with Gasteiger partial charge in [-0.15, -0.1) is 0 Å². The highest BCUT2D eigenvalue weighted by Gasteiger charge is 2.15. The molecule has 1 aromatic carbocycles. The van der Waals surface area contributed by atoms with E-state index >= 15 is 0 Å². The molecule has 1 amide bonds. The number of piperidine rings is 1. The van der Waals surface area contributed by atoms with Crippen LogP contribution in [0.4, 0.5) is 11.4 Å². The quantitative estimate of drug-likeness (QED) is 0.876. The second-order valence-electron chi connectivity index (χ2n) is 6.29.